The molecule has 0 spiro atoms. The summed E-state index contributed by atoms with van der Waals surface area (Å²) in [4.78, 5) is 2.48. The second-order valence-electron chi connectivity index (χ2n) is 11.3. The van der Waals surface area contributed by atoms with Gasteiger partial charge in [0.05, 0.1) is 0 Å². The van der Waals surface area contributed by atoms with Gasteiger partial charge in [-0.25, -0.2) is 0 Å². The average molecular weight is 564 g/mol. The highest BCUT2D eigenvalue weighted by atomic mass is 31.1. The molecule has 0 radical (unpaired) electrons. The molecule has 0 aliphatic heterocycles. The van der Waals surface area contributed by atoms with Crippen LogP contribution >= 0.6 is 7.92 Å². The van der Waals surface area contributed by atoms with E-state index in [9.17, 15) is 0 Å². The second kappa shape index (κ2) is 12.5. The van der Waals surface area contributed by atoms with Gasteiger partial charge in [-0.3, -0.25) is 4.90 Å². The Hall–Kier alpha value is -4.03. The standard InChI is InChI=1S/C40H38NP/c1-29-26-30(2)39(38(27-29)42(35-19-10-6-11-20-35)36-21-12-7-13-22-36)40-34(25-24-33-18-14-15-23-37(33)40)28-41(4)31(3)32-16-8-5-9-17-32/h5-27,31H,28H2,1-4H3/t31-/m1/s1. The summed E-state index contributed by atoms with van der Waals surface area (Å²) in [5.41, 5.74) is 8.09. The first kappa shape index (κ1) is 28.1. The molecule has 2 heteroatoms. The van der Waals surface area contributed by atoms with Crippen LogP contribution in [0.5, 0.6) is 0 Å². The Labute approximate surface area is 252 Å². The fraction of sp³-hybridized carbons (Fsp3) is 0.150. The molecule has 208 valence electrons. The van der Waals surface area contributed by atoms with Gasteiger partial charge >= 0.3 is 0 Å². The number of nitrogens with zero attached hydrogens (tertiary/aromatic N) is 1. The highest BCUT2D eigenvalue weighted by molar-refractivity contribution is 7.80. The molecule has 0 heterocycles. The summed E-state index contributed by atoms with van der Waals surface area (Å²) in [6, 6.07) is 51.7. The Morgan fingerprint density at radius 1 is 0.619 bits per heavy atom. The topological polar surface area (TPSA) is 3.24 Å². The van der Waals surface area contributed by atoms with Gasteiger partial charge in [0.25, 0.3) is 0 Å². The van der Waals surface area contributed by atoms with Crippen molar-refractivity contribution in [2.75, 3.05) is 7.05 Å². The Morgan fingerprint density at radius 3 is 1.83 bits per heavy atom. The quantitative estimate of drug-likeness (QED) is 0.167. The first-order valence-electron chi connectivity index (χ1n) is 14.8. The molecule has 0 amide bonds. The van der Waals surface area contributed by atoms with Gasteiger partial charge in [-0.2, -0.15) is 0 Å². The largest absolute Gasteiger partial charge is 0.295 e. The zero-order valence-corrected chi connectivity index (χ0v) is 25.9. The molecule has 1 nitrogen and oxygen atoms in total. The molecule has 1 atom stereocenters. The number of hydrogen-bond acceptors (Lipinski definition) is 1. The van der Waals surface area contributed by atoms with E-state index in [0.717, 1.165) is 6.54 Å². The van der Waals surface area contributed by atoms with Gasteiger partial charge in [0, 0.05) is 12.6 Å². The Kier molecular flexibility index (Phi) is 8.34. The maximum atomic E-state index is 2.48. The van der Waals surface area contributed by atoms with Crippen LogP contribution in [0.4, 0.5) is 0 Å². The molecular formula is C40H38NP. The minimum atomic E-state index is -0.773. The van der Waals surface area contributed by atoms with Crippen molar-refractivity contribution in [3.05, 3.63) is 162 Å². The van der Waals surface area contributed by atoms with E-state index < -0.39 is 7.92 Å². The lowest BCUT2D eigenvalue weighted by molar-refractivity contribution is 0.253. The number of aryl methyl sites for hydroxylation is 2. The average Bonchev–Trinajstić information content (AvgIpc) is 3.02. The van der Waals surface area contributed by atoms with Gasteiger partial charge < -0.3 is 0 Å². The third kappa shape index (κ3) is 5.68. The maximum absolute atomic E-state index is 2.48. The normalized spacial score (nSPS) is 12.2. The molecule has 6 aromatic rings. The van der Waals surface area contributed by atoms with Crippen LogP contribution in [0, 0.1) is 13.8 Å². The summed E-state index contributed by atoms with van der Waals surface area (Å²) in [6.45, 7) is 7.71. The number of benzene rings is 6. The lowest BCUT2D eigenvalue weighted by atomic mass is 9.89. The monoisotopic (exact) mass is 563 g/mol. The van der Waals surface area contributed by atoms with Gasteiger partial charge in [0.1, 0.15) is 0 Å². The molecular weight excluding hydrogens is 525 g/mol. The SMILES string of the molecule is Cc1cc(C)c(-c2c(CN(C)[C@H](C)c3ccccc3)ccc3ccccc23)c(P(c2ccccc2)c2ccccc2)c1. The zero-order chi connectivity index (χ0) is 29.1. The summed E-state index contributed by atoms with van der Waals surface area (Å²) < 4.78 is 0. The van der Waals surface area contributed by atoms with Crippen LogP contribution in [-0.2, 0) is 6.54 Å². The smallest absolute Gasteiger partial charge is 0.0320 e. The number of hydrogen-bond donors (Lipinski definition) is 0. The van der Waals surface area contributed by atoms with Crippen molar-refractivity contribution in [2.45, 2.75) is 33.4 Å². The van der Waals surface area contributed by atoms with Gasteiger partial charge in [0.2, 0.25) is 0 Å². The van der Waals surface area contributed by atoms with Crippen LogP contribution in [0.25, 0.3) is 21.9 Å². The molecule has 6 rings (SSSR count). The van der Waals surface area contributed by atoms with Gasteiger partial charge in [0.15, 0.2) is 0 Å². The van der Waals surface area contributed by atoms with E-state index in [4.69, 9.17) is 0 Å². The molecule has 0 unspecified atom stereocenters. The van der Waals surface area contributed by atoms with E-state index in [1.54, 1.807) is 0 Å². The summed E-state index contributed by atoms with van der Waals surface area (Å²) in [6.07, 6.45) is 0. The van der Waals surface area contributed by atoms with Crippen LogP contribution < -0.4 is 15.9 Å². The first-order valence-corrected chi connectivity index (χ1v) is 16.1. The van der Waals surface area contributed by atoms with Gasteiger partial charge in [-0.1, -0.05) is 145 Å². The fourth-order valence-electron chi connectivity index (χ4n) is 6.16. The van der Waals surface area contributed by atoms with E-state index in [2.05, 4.69) is 172 Å². The van der Waals surface area contributed by atoms with Crippen molar-refractivity contribution in [1.82, 2.24) is 4.90 Å². The molecule has 0 aliphatic carbocycles. The van der Waals surface area contributed by atoms with E-state index in [1.165, 1.54) is 60.1 Å². The van der Waals surface area contributed by atoms with Crippen LogP contribution in [0.1, 0.15) is 35.2 Å². The van der Waals surface area contributed by atoms with Crippen molar-refractivity contribution in [1.29, 1.82) is 0 Å². The summed E-state index contributed by atoms with van der Waals surface area (Å²) in [5.74, 6) is 0. The van der Waals surface area contributed by atoms with Crippen molar-refractivity contribution < 1.29 is 0 Å². The summed E-state index contributed by atoms with van der Waals surface area (Å²) in [7, 11) is 1.48. The zero-order valence-electron chi connectivity index (χ0n) is 25.0. The van der Waals surface area contributed by atoms with Crippen molar-refractivity contribution in [2.24, 2.45) is 0 Å². The molecule has 42 heavy (non-hydrogen) atoms. The van der Waals surface area contributed by atoms with E-state index >= 15 is 0 Å². The minimum Gasteiger partial charge on any atom is -0.295 e. The Balaban J connectivity index is 1.59. The molecule has 6 aromatic carbocycles. The van der Waals surface area contributed by atoms with Crippen LogP contribution in [0.3, 0.4) is 0 Å². The van der Waals surface area contributed by atoms with Crippen molar-refractivity contribution >= 4 is 34.6 Å². The van der Waals surface area contributed by atoms with Crippen LogP contribution in [0.2, 0.25) is 0 Å². The predicted molar refractivity (Wildman–Crippen MR) is 184 cm³/mol. The lowest BCUT2D eigenvalue weighted by Gasteiger charge is -2.29. The molecule has 0 saturated heterocycles. The Morgan fingerprint density at radius 2 is 1.19 bits per heavy atom. The third-order valence-electron chi connectivity index (χ3n) is 8.36. The first-order chi connectivity index (χ1) is 20.5. The summed E-state index contributed by atoms with van der Waals surface area (Å²) in [5, 5.41) is 6.78. The highest BCUT2D eigenvalue weighted by Crippen LogP contribution is 2.42. The molecule has 0 aromatic heterocycles. The molecule has 0 bridgehead atoms. The molecule has 0 aliphatic rings. The minimum absolute atomic E-state index is 0.301. The summed E-state index contributed by atoms with van der Waals surface area (Å²) >= 11 is 0. The van der Waals surface area contributed by atoms with Crippen molar-refractivity contribution in [3.63, 3.8) is 0 Å². The third-order valence-corrected chi connectivity index (χ3v) is 10.8. The second-order valence-corrected chi connectivity index (χ2v) is 13.5. The van der Waals surface area contributed by atoms with Gasteiger partial charge in [-0.05, 0) is 90.2 Å². The Bertz CT molecular complexity index is 1760. The number of fused-ring (bicyclic) bond motifs is 1. The lowest BCUT2D eigenvalue weighted by Crippen LogP contribution is -2.25. The highest BCUT2D eigenvalue weighted by Gasteiger charge is 2.25. The van der Waals surface area contributed by atoms with E-state index in [0.29, 0.717) is 6.04 Å². The van der Waals surface area contributed by atoms with Crippen LogP contribution in [-0.4, -0.2) is 11.9 Å². The van der Waals surface area contributed by atoms with Crippen LogP contribution in [0.15, 0.2) is 140 Å². The number of rotatable bonds is 8. The molecule has 0 fully saturated rings. The molecule has 0 N–H and O–H groups in total. The van der Waals surface area contributed by atoms with E-state index in [1.807, 2.05) is 0 Å². The molecule has 0 saturated carbocycles. The van der Waals surface area contributed by atoms with Gasteiger partial charge in [-0.15, -0.1) is 0 Å². The maximum Gasteiger partial charge on any atom is 0.0320 e. The van der Waals surface area contributed by atoms with Crippen molar-refractivity contribution in [3.8, 4) is 11.1 Å². The predicted octanol–water partition coefficient (Wildman–Crippen LogP) is 9.07. The fourth-order valence-corrected chi connectivity index (χ4v) is 8.80. The van der Waals surface area contributed by atoms with E-state index in [-0.39, 0.29) is 0 Å².